The molecule has 0 fully saturated rings. The Kier molecular flexibility index (Phi) is 3.11. The van der Waals surface area contributed by atoms with Crippen molar-refractivity contribution in [2.75, 3.05) is 12.0 Å². The second kappa shape index (κ2) is 4.37. The molecule has 2 aromatic heterocycles. The van der Waals surface area contributed by atoms with E-state index in [-0.39, 0.29) is 0 Å². The Hall–Kier alpha value is -0.810. The number of fused-ring (bicyclic) bond motifs is 1. The van der Waals surface area contributed by atoms with E-state index < -0.39 is 0 Å². The van der Waals surface area contributed by atoms with Crippen molar-refractivity contribution in [2.24, 2.45) is 0 Å². The highest BCUT2D eigenvalue weighted by Gasteiger charge is 2.13. The molecule has 4 nitrogen and oxygen atoms in total. The van der Waals surface area contributed by atoms with E-state index in [1.54, 1.807) is 22.3 Å². The molecule has 2 aromatic rings. The van der Waals surface area contributed by atoms with E-state index in [0.717, 1.165) is 17.2 Å². The molecule has 0 aromatic carbocycles. The summed E-state index contributed by atoms with van der Waals surface area (Å²) in [5.41, 5.74) is 0.738. The van der Waals surface area contributed by atoms with Crippen molar-refractivity contribution < 1.29 is 0 Å². The largest absolute Gasteiger partial charge is 0.196 e. The van der Waals surface area contributed by atoms with E-state index in [9.17, 15) is 0 Å². The number of hydrogen-bond acceptors (Lipinski definition) is 4. The number of rotatable bonds is 3. The van der Waals surface area contributed by atoms with Gasteiger partial charge < -0.3 is 0 Å². The van der Waals surface area contributed by atoms with E-state index in [4.69, 9.17) is 11.6 Å². The number of halogens is 1. The molecule has 0 bridgehead atoms. The highest BCUT2D eigenvalue weighted by molar-refractivity contribution is 7.98. The first kappa shape index (κ1) is 10.7. The first-order valence-electron chi connectivity index (χ1n) is 4.59. The van der Waals surface area contributed by atoms with Gasteiger partial charge in [-0.25, -0.2) is 0 Å². The summed E-state index contributed by atoms with van der Waals surface area (Å²) in [6, 6.07) is 3.53. The molecule has 1 unspecified atom stereocenters. The summed E-state index contributed by atoms with van der Waals surface area (Å²) < 4.78 is 1.71. The van der Waals surface area contributed by atoms with Gasteiger partial charge in [-0.2, -0.15) is 21.4 Å². The number of aromatic nitrogens is 4. The van der Waals surface area contributed by atoms with Crippen molar-refractivity contribution in [2.45, 2.75) is 12.8 Å². The average Bonchev–Trinajstić information content (AvgIpc) is 2.60. The summed E-state index contributed by atoms with van der Waals surface area (Å²) in [4.78, 5) is 0. The molecule has 2 rings (SSSR count). The fraction of sp³-hybridized carbons (Fsp3) is 0.444. The molecule has 0 spiro atoms. The van der Waals surface area contributed by atoms with Gasteiger partial charge in [0.25, 0.3) is 0 Å². The van der Waals surface area contributed by atoms with Gasteiger partial charge in [-0.05, 0) is 18.4 Å². The SMILES string of the molecule is CSCC(C)c1nnc2ccc(Cl)nn12. The Morgan fingerprint density at radius 3 is 3.00 bits per heavy atom. The molecule has 1 atom stereocenters. The number of thioether (sulfide) groups is 1. The van der Waals surface area contributed by atoms with Crippen LogP contribution in [0.3, 0.4) is 0 Å². The normalized spacial score (nSPS) is 13.3. The summed E-state index contributed by atoms with van der Waals surface area (Å²) in [5.74, 6) is 2.18. The lowest BCUT2D eigenvalue weighted by Crippen LogP contribution is -2.05. The molecule has 0 saturated carbocycles. The van der Waals surface area contributed by atoms with Gasteiger partial charge in [0.15, 0.2) is 11.5 Å². The maximum atomic E-state index is 5.84. The van der Waals surface area contributed by atoms with Gasteiger partial charge in [0.05, 0.1) is 0 Å². The van der Waals surface area contributed by atoms with Crippen LogP contribution in [-0.2, 0) is 0 Å². The predicted molar refractivity (Wildman–Crippen MR) is 62.6 cm³/mol. The van der Waals surface area contributed by atoms with Crippen LogP contribution in [0.25, 0.3) is 5.65 Å². The Labute approximate surface area is 97.0 Å². The third-order valence-electron chi connectivity index (χ3n) is 2.11. The van der Waals surface area contributed by atoms with Crippen LogP contribution in [0.4, 0.5) is 0 Å². The lowest BCUT2D eigenvalue weighted by atomic mass is 10.2. The first-order chi connectivity index (χ1) is 7.22. The van der Waals surface area contributed by atoms with Gasteiger partial charge >= 0.3 is 0 Å². The molecule has 0 saturated heterocycles. The third-order valence-corrected chi connectivity index (χ3v) is 3.15. The zero-order valence-electron chi connectivity index (χ0n) is 8.51. The lowest BCUT2D eigenvalue weighted by molar-refractivity contribution is 0.729. The highest BCUT2D eigenvalue weighted by Crippen LogP contribution is 2.18. The van der Waals surface area contributed by atoms with Gasteiger partial charge in [-0.15, -0.1) is 10.2 Å². The van der Waals surface area contributed by atoms with E-state index in [1.807, 2.05) is 6.07 Å². The monoisotopic (exact) mass is 242 g/mol. The van der Waals surface area contributed by atoms with Crippen molar-refractivity contribution in [3.63, 3.8) is 0 Å². The highest BCUT2D eigenvalue weighted by atomic mass is 35.5. The number of hydrogen-bond donors (Lipinski definition) is 0. The summed E-state index contributed by atoms with van der Waals surface area (Å²) >= 11 is 7.62. The van der Waals surface area contributed by atoms with Crippen molar-refractivity contribution in [3.05, 3.63) is 23.1 Å². The van der Waals surface area contributed by atoms with E-state index in [0.29, 0.717) is 11.1 Å². The maximum Gasteiger partial charge on any atom is 0.178 e. The molecule has 80 valence electrons. The third kappa shape index (κ3) is 2.08. The summed E-state index contributed by atoms with van der Waals surface area (Å²) in [7, 11) is 0. The summed E-state index contributed by atoms with van der Waals surface area (Å²) in [5, 5.41) is 12.8. The second-order valence-electron chi connectivity index (χ2n) is 3.34. The molecule has 0 aliphatic carbocycles. The van der Waals surface area contributed by atoms with Gasteiger partial charge in [0.1, 0.15) is 5.15 Å². The first-order valence-corrected chi connectivity index (χ1v) is 6.36. The van der Waals surface area contributed by atoms with Crippen molar-refractivity contribution in [1.82, 2.24) is 19.8 Å². The molecule has 15 heavy (non-hydrogen) atoms. The molecule has 2 heterocycles. The fourth-order valence-corrected chi connectivity index (χ4v) is 2.20. The minimum absolute atomic E-state index is 0.320. The minimum atomic E-state index is 0.320. The van der Waals surface area contributed by atoms with Crippen LogP contribution in [0.1, 0.15) is 18.7 Å². The van der Waals surface area contributed by atoms with Crippen LogP contribution in [0.15, 0.2) is 12.1 Å². The maximum absolute atomic E-state index is 5.84. The van der Waals surface area contributed by atoms with E-state index in [1.165, 1.54) is 0 Å². The minimum Gasteiger partial charge on any atom is -0.196 e. The van der Waals surface area contributed by atoms with Gasteiger partial charge in [0, 0.05) is 11.7 Å². The van der Waals surface area contributed by atoms with Crippen molar-refractivity contribution in [1.29, 1.82) is 0 Å². The zero-order valence-corrected chi connectivity index (χ0v) is 10.1. The molecule has 0 aliphatic heterocycles. The van der Waals surface area contributed by atoms with Gasteiger partial charge in [-0.1, -0.05) is 18.5 Å². The molecule has 0 aliphatic rings. The zero-order chi connectivity index (χ0) is 10.8. The Morgan fingerprint density at radius 2 is 2.27 bits per heavy atom. The standard InChI is InChI=1S/C9H11ClN4S/c1-6(5-15-2)9-12-11-8-4-3-7(10)13-14(8)9/h3-4,6H,5H2,1-2H3. The van der Waals surface area contributed by atoms with Crippen LogP contribution >= 0.6 is 23.4 Å². The van der Waals surface area contributed by atoms with Crippen molar-refractivity contribution in [3.8, 4) is 0 Å². The summed E-state index contributed by atoms with van der Waals surface area (Å²) in [6.07, 6.45) is 2.07. The van der Waals surface area contributed by atoms with E-state index in [2.05, 4.69) is 28.5 Å². The molecule has 0 radical (unpaired) electrons. The van der Waals surface area contributed by atoms with E-state index >= 15 is 0 Å². The molecule has 0 N–H and O–H groups in total. The summed E-state index contributed by atoms with van der Waals surface area (Å²) in [6.45, 7) is 2.11. The second-order valence-corrected chi connectivity index (χ2v) is 4.64. The van der Waals surface area contributed by atoms with Crippen LogP contribution in [-0.4, -0.2) is 31.8 Å². The molecular weight excluding hydrogens is 232 g/mol. The lowest BCUT2D eigenvalue weighted by Gasteiger charge is -2.06. The number of nitrogens with zero attached hydrogens (tertiary/aromatic N) is 4. The molecular formula is C9H11ClN4S. The molecule has 6 heteroatoms. The van der Waals surface area contributed by atoms with Crippen LogP contribution in [0.5, 0.6) is 0 Å². The Balaban J connectivity index is 2.47. The quantitative estimate of drug-likeness (QED) is 0.828. The van der Waals surface area contributed by atoms with Crippen LogP contribution in [0.2, 0.25) is 5.15 Å². The topological polar surface area (TPSA) is 43.1 Å². The van der Waals surface area contributed by atoms with Gasteiger partial charge in [-0.3, -0.25) is 0 Å². The predicted octanol–water partition coefficient (Wildman–Crippen LogP) is 2.24. The van der Waals surface area contributed by atoms with Crippen LogP contribution < -0.4 is 0 Å². The molecule has 0 amide bonds. The van der Waals surface area contributed by atoms with Crippen molar-refractivity contribution >= 4 is 29.0 Å². The smallest absolute Gasteiger partial charge is 0.178 e. The average molecular weight is 243 g/mol. The van der Waals surface area contributed by atoms with Gasteiger partial charge in [0.2, 0.25) is 0 Å². The Bertz CT molecular complexity index is 470. The Morgan fingerprint density at radius 1 is 1.47 bits per heavy atom. The van der Waals surface area contributed by atoms with Crippen LogP contribution in [0, 0.1) is 0 Å². The fourth-order valence-electron chi connectivity index (χ4n) is 1.41.